The highest BCUT2D eigenvalue weighted by Gasteiger charge is 2.25. The van der Waals surface area contributed by atoms with Crippen molar-refractivity contribution >= 4 is 17.5 Å². The van der Waals surface area contributed by atoms with E-state index in [4.69, 9.17) is 0 Å². The minimum Gasteiger partial charge on any atom is -0.339 e. The molecule has 0 N–H and O–H groups in total. The molecule has 1 fully saturated rings. The number of aryl methyl sites for hydroxylation is 2. The molecule has 2 amide bonds. The van der Waals surface area contributed by atoms with Crippen LogP contribution in [0, 0.1) is 13.8 Å². The summed E-state index contributed by atoms with van der Waals surface area (Å²) >= 11 is 0. The lowest BCUT2D eigenvalue weighted by molar-refractivity contribution is -0.132. The predicted molar refractivity (Wildman–Crippen MR) is 112 cm³/mol. The highest BCUT2D eigenvalue weighted by Crippen LogP contribution is 2.21. The van der Waals surface area contributed by atoms with Crippen LogP contribution >= 0.6 is 0 Å². The van der Waals surface area contributed by atoms with Crippen LogP contribution in [0.2, 0.25) is 0 Å². The molecule has 28 heavy (non-hydrogen) atoms. The average Bonchev–Trinajstić information content (AvgIpc) is 2.68. The molecule has 0 bridgehead atoms. The van der Waals surface area contributed by atoms with Gasteiger partial charge in [0.2, 0.25) is 11.8 Å². The summed E-state index contributed by atoms with van der Waals surface area (Å²) < 4.78 is 0. The van der Waals surface area contributed by atoms with Crippen LogP contribution in [-0.2, 0) is 16.1 Å². The van der Waals surface area contributed by atoms with Gasteiger partial charge in [-0.3, -0.25) is 14.5 Å². The van der Waals surface area contributed by atoms with Crippen molar-refractivity contribution in [3.63, 3.8) is 0 Å². The second-order valence-corrected chi connectivity index (χ2v) is 7.54. The van der Waals surface area contributed by atoms with Gasteiger partial charge in [0.05, 0.1) is 0 Å². The van der Waals surface area contributed by atoms with E-state index in [1.54, 1.807) is 4.90 Å². The molecule has 0 atom stereocenters. The smallest absolute Gasteiger partial charge is 0.242 e. The van der Waals surface area contributed by atoms with E-state index in [0.29, 0.717) is 13.1 Å². The molecule has 0 saturated carbocycles. The maximum Gasteiger partial charge on any atom is 0.242 e. The van der Waals surface area contributed by atoms with E-state index in [9.17, 15) is 9.59 Å². The van der Waals surface area contributed by atoms with Gasteiger partial charge in [0.25, 0.3) is 0 Å². The molecule has 0 aromatic heterocycles. The zero-order valence-corrected chi connectivity index (χ0v) is 17.0. The van der Waals surface area contributed by atoms with Gasteiger partial charge in [0.15, 0.2) is 0 Å². The molecule has 0 spiro atoms. The summed E-state index contributed by atoms with van der Waals surface area (Å²) in [6, 6.07) is 16.3. The molecule has 3 rings (SSSR count). The first kappa shape index (κ1) is 20.1. The van der Waals surface area contributed by atoms with E-state index in [-0.39, 0.29) is 18.4 Å². The SMILES string of the molecule is CC(=O)N(CC(=O)N1CCN(Cc2ccccc2)CC1)c1ccc(C)cc1C. The normalized spacial score (nSPS) is 14.8. The first-order valence-corrected chi connectivity index (χ1v) is 9.83. The molecule has 148 valence electrons. The van der Waals surface area contributed by atoms with Gasteiger partial charge in [-0.05, 0) is 31.0 Å². The van der Waals surface area contributed by atoms with Crippen molar-refractivity contribution < 1.29 is 9.59 Å². The number of benzene rings is 2. The number of carbonyl (C=O) groups is 2. The summed E-state index contributed by atoms with van der Waals surface area (Å²) in [5, 5.41) is 0. The third kappa shape index (κ3) is 4.98. The lowest BCUT2D eigenvalue weighted by Gasteiger charge is -2.36. The lowest BCUT2D eigenvalue weighted by Crippen LogP contribution is -2.51. The van der Waals surface area contributed by atoms with E-state index in [2.05, 4.69) is 29.2 Å². The molecule has 1 aliphatic heterocycles. The minimum absolute atomic E-state index is 0.00883. The van der Waals surface area contributed by atoms with Crippen molar-refractivity contribution in [2.75, 3.05) is 37.6 Å². The summed E-state index contributed by atoms with van der Waals surface area (Å²) in [7, 11) is 0. The molecule has 1 saturated heterocycles. The molecule has 5 nitrogen and oxygen atoms in total. The van der Waals surface area contributed by atoms with Crippen molar-refractivity contribution in [1.82, 2.24) is 9.80 Å². The van der Waals surface area contributed by atoms with Crippen molar-refractivity contribution in [3.05, 3.63) is 65.2 Å². The maximum atomic E-state index is 12.8. The monoisotopic (exact) mass is 379 g/mol. The fourth-order valence-electron chi connectivity index (χ4n) is 3.71. The number of nitrogens with zero attached hydrogens (tertiary/aromatic N) is 3. The number of amides is 2. The third-order valence-electron chi connectivity index (χ3n) is 5.29. The van der Waals surface area contributed by atoms with Gasteiger partial charge in [0, 0.05) is 45.3 Å². The van der Waals surface area contributed by atoms with Gasteiger partial charge in [-0.25, -0.2) is 0 Å². The van der Waals surface area contributed by atoms with E-state index < -0.39 is 0 Å². The molecule has 0 unspecified atom stereocenters. The van der Waals surface area contributed by atoms with E-state index in [1.165, 1.54) is 12.5 Å². The van der Waals surface area contributed by atoms with E-state index in [1.807, 2.05) is 43.0 Å². The largest absolute Gasteiger partial charge is 0.339 e. The topological polar surface area (TPSA) is 43.9 Å². The Morgan fingerprint density at radius 3 is 2.25 bits per heavy atom. The summed E-state index contributed by atoms with van der Waals surface area (Å²) in [4.78, 5) is 30.9. The molecular formula is C23H29N3O2. The number of rotatable bonds is 5. The molecule has 0 radical (unpaired) electrons. The van der Waals surface area contributed by atoms with Crippen molar-refractivity contribution in [2.45, 2.75) is 27.3 Å². The van der Waals surface area contributed by atoms with Crippen molar-refractivity contribution in [1.29, 1.82) is 0 Å². The Morgan fingerprint density at radius 2 is 1.64 bits per heavy atom. The standard InChI is InChI=1S/C23H29N3O2/c1-18-9-10-22(19(2)15-18)26(20(3)27)17-23(28)25-13-11-24(12-14-25)16-21-7-5-4-6-8-21/h4-10,15H,11-14,16-17H2,1-3H3. The Balaban J connectivity index is 1.58. The summed E-state index contributed by atoms with van der Waals surface area (Å²) in [5.74, 6) is -0.0995. The Bertz CT molecular complexity index is 827. The number of piperazine rings is 1. The zero-order valence-electron chi connectivity index (χ0n) is 17.0. The highest BCUT2D eigenvalue weighted by molar-refractivity contribution is 5.98. The number of anilines is 1. The molecule has 1 aliphatic rings. The van der Waals surface area contributed by atoms with Gasteiger partial charge in [-0.1, -0.05) is 48.0 Å². The first-order valence-electron chi connectivity index (χ1n) is 9.83. The molecule has 0 aliphatic carbocycles. The van der Waals surface area contributed by atoms with Gasteiger partial charge < -0.3 is 9.80 Å². The van der Waals surface area contributed by atoms with Crippen LogP contribution in [-0.4, -0.2) is 54.3 Å². The summed E-state index contributed by atoms with van der Waals surface area (Å²) in [5.41, 5.74) is 4.26. The Labute approximate surface area is 167 Å². The quantitative estimate of drug-likeness (QED) is 0.802. The van der Waals surface area contributed by atoms with Gasteiger partial charge in [-0.15, -0.1) is 0 Å². The second-order valence-electron chi connectivity index (χ2n) is 7.54. The van der Waals surface area contributed by atoms with Crippen molar-refractivity contribution in [2.24, 2.45) is 0 Å². The zero-order chi connectivity index (χ0) is 20.1. The fourth-order valence-corrected chi connectivity index (χ4v) is 3.71. The van der Waals surface area contributed by atoms with Crippen LogP contribution in [0.5, 0.6) is 0 Å². The fraction of sp³-hybridized carbons (Fsp3) is 0.391. The predicted octanol–water partition coefficient (Wildman–Crippen LogP) is 3.00. The van der Waals surface area contributed by atoms with Gasteiger partial charge >= 0.3 is 0 Å². The third-order valence-corrected chi connectivity index (χ3v) is 5.29. The lowest BCUT2D eigenvalue weighted by atomic mass is 10.1. The van der Waals surface area contributed by atoms with Gasteiger partial charge in [-0.2, -0.15) is 0 Å². The molecule has 1 heterocycles. The molecule has 5 heteroatoms. The van der Waals surface area contributed by atoms with Crippen LogP contribution in [0.15, 0.2) is 48.5 Å². The van der Waals surface area contributed by atoms with Crippen LogP contribution in [0.1, 0.15) is 23.6 Å². The van der Waals surface area contributed by atoms with Gasteiger partial charge in [0.1, 0.15) is 6.54 Å². The average molecular weight is 380 g/mol. The number of hydrogen-bond acceptors (Lipinski definition) is 3. The van der Waals surface area contributed by atoms with Crippen LogP contribution in [0.3, 0.4) is 0 Å². The Hall–Kier alpha value is -2.66. The Kier molecular flexibility index (Phi) is 6.47. The summed E-state index contributed by atoms with van der Waals surface area (Å²) in [6.45, 7) is 9.62. The maximum absolute atomic E-state index is 12.8. The van der Waals surface area contributed by atoms with Crippen LogP contribution in [0.4, 0.5) is 5.69 Å². The minimum atomic E-state index is -0.108. The van der Waals surface area contributed by atoms with Crippen LogP contribution in [0.25, 0.3) is 0 Å². The molecule has 2 aromatic rings. The highest BCUT2D eigenvalue weighted by atomic mass is 16.2. The second kappa shape index (κ2) is 9.02. The molecular weight excluding hydrogens is 350 g/mol. The van der Waals surface area contributed by atoms with E-state index >= 15 is 0 Å². The van der Waals surface area contributed by atoms with E-state index in [0.717, 1.165) is 36.4 Å². The Morgan fingerprint density at radius 1 is 0.964 bits per heavy atom. The number of hydrogen-bond donors (Lipinski definition) is 0. The molecule has 2 aromatic carbocycles. The summed E-state index contributed by atoms with van der Waals surface area (Å²) in [6.07, 6.45) is 0. The number of carbonyl (C=O) groups excluding carboxylic acids is 2. The van der Waals surface area contributed by atoms with Crippen molar-refractivity contribution in [3.8, 4) is 0 Å². The van der Waals surface area contributed by atoms with Crippen LogP contribution < -0.4 is 4.90 Å². The first-order chi connectivity index (χ1) is 13.4.